The van der Waals surface area contributed by atoms with Crippen molar-refractivity contribution in [2.24, 2.45) is 11.1 Å². The summed E-state index contributed by atoms with van der Waals surface area (Å²) in [4.78, 5) is 0. The topological polar surface area (TPSA) is 26.0 Å². The third kappa shape index (κ3) is 10.8. The molecule has 0 amide bonds. The molecule has 0 spiro atoms. The first-order chi connectivity index (χ1) is 2.56. The average Bonchev–Trinajstić information content (AvgIpc) is 1.35. The maximum absolute atomic E-state index is 5.31. The van der Waals surface area contributed by atoms with Crippen LogP contribution in [0.4, 0.5) is 0 Å². The van der Waals surface area contributed by atoms with E-state index < -0.39 is 0 Å². The monoisotopic (exact) mass is 271 g/mol. The SMILES string of the molecule is CC(C)(C)CN.[W]. The molecule has 0 aromatic carbocycles. The van der Waals surface area contributed by atoms with Crippen LogP contribution in [-0.2, 0) is 21.1 Å². The molecule has 2 heteroatoms. The van der Waals surface area contributed by atoms with Gasteiger partial charge in [-0.15, -0.1) is 0 Å². The zero-order valence-electron chi connectivity index (χ0n) is 5.19. The maximum atomic E-state index is 5.31. The van der Waals surface area contributed by atoms with Gasteiger partial charge in [0.05, 0.1) is 0 Å². The molecule has 0 fully saturated rings. The van der Waals surface area contributed by atoms with Gasteiger partial charge in [-0.2, -0.15) is 0 Å². The van der Waals surface area contributed by atoms with Crippen molar-refractivity contribution in [3.8, 4) is 0 Å². The number of hydrogen-bond donors (Lipinski definition) is 1. The Labute approximate surface area is 59.9 Å². The van der Waals surface area contributed by atoms with E-state index in [9.17, 15) is 0 Å². The minimum atomic E-state index is 0. The minimum Gasteiger partial charge on any atom is -0.330 e. The molecule has 0 rings (SSSR count). The summed E-state index contributed by atoms with van der Waals surface area (Å²) >= 11 is 0. The van der Waals surface area contributed by atoms with E-state index in [0.717, 1.165) is 6.54 Å². The second-order valence-corrected chi connectivity index (χ2v) is 2.76. The second kappa shape index (κ2) is 3.63. The van der Waals surface area contributed by atoms with E-state index in [-0.39, 0.29) is 21.1 Å². The molecular formula is C5H13NW. The molecule has 0 bridgehead atoms. The molecule has 0 saturated heterocycles. The van der Waals surface area contributed by atoms with Crippen molar-refractivity contribution in [2.45, 2.75) is 20.8 Å². The van der Waals surface area contributed by atoms with Crippen molar-refractivity contribution < 1.29 is 21.1 Å². The van der Waals surface area contributed by atoms with Crippen LogP contribution in [0.1, 0.15) is 20.8 Å². The summed E-state index contributed by atoms with van der Waals surface area (Å²) < 4.78 is 0. The largest absolute Gasteiger partial charge is 0.330 e. The van der Waals surface area contributed by atoms with Gasteiger partial charge in [0.25, 0.3) is 0 Å². The van der Waals surface area contributed by atoms with Crippen LogP contribution in [0.15, 0.2) is 0 Å². The quantitative estimate of drug-likeness (QED) is 0.698. The van der Waals surface area contributed by atoms with Gasteiger partial charge in [0.1, 0.15) is 0 Å². The molecule has 1 nitrogen and oxygen atoms in total. The summed E-state index contributed by atoms with van der Waals surface area (Å²) in [7, 11) is 0. The second-order valence-electron chi connectivity index (χ2n) is 2.76. The van der Waals surface area contributed by atoms with Gasteiger partial charge in [-0.05, 0) is 12.0 Å². The molecule has 0 saturated carbocycles. The number of rotatable bonds is 0. The molecule has 0 aliphatic carbocycles. The third-order valence-electron chi connectivity index (χ3n) is 0.612. The fourth-order valence-corrected chi connectivity index (χ4v) is 0. The molecule has 0 heterocycles. The molecule has 0 aromatic rings. The molecule has 44 valence electrons. The number of nitrogens with two attached hydrogens (primary N) is 1. The van der Waals surface area contributed by atoms with E-state index in [4.69, 9.17) is 5.73 Å². The Kier molecular flexibility index (Phi) is 5.49. The summed E-state index contributed by atoms with van der Waals surface area (Å²) in [5.74, 6) is 0. The van der Waals surface area contributed by atoms with Crippen LogP contribution in [0, 0.1) is 5.41 Å². The molecule has 0 aliphatic rings. The van der Waals surface area contributed by atoms with Crippen molar-refractivity contribution in [1.82, 2.24) is 0 Å². The van der Waals surface area contributed by atoms with Gasteiger partial charge >= 0.3 is 0 Å². The van der Waals surface area contributed by atoms with Crippen molar-refractivity contribution in [2.75, 3.05) is 6.54 Å². The van der Waals surface area contributed by atoms with Gasteiger partial charge in [-0.25, -0.2) is 0 Å². The van der Waals surface area contributed by atoms with Crippen LogP contribution in [-0.4, -0.2) is 6.54 Å². The first-order valence-electron chi connectivity index (χ1n) is 2.26. The maximum Gasteiger partial charge on any atom is 0 e. The first kappa shape index (κ1) is 10.6. The standard InChI is InChI=1S/C5H13N.W/c1-5(2,3)4-6;/h4,6H2,1-3H3;. The molecule has 2 N–H and O–H groups in total. The van der Waals surface area contributed by atoms with E-state index >= 15 is 0 Å². The minimum absolute atomic E-state index is 0. The zero-order chi connectivity index (χ0) is 5.21. The van der Waals surface area contributed by atoms with E-state index in [1.165, 1.54) is 0 Å². The van der Waals surface area contributed by atoms with Crippen LogP contribution in [0.3, 0.4) is 0 Å². The predicted molar refractivity (Wildman–Crippen MR) is 28.5 cm³/mol. The Morgan fingerprint density at radius 1 is 1.29 bits per heavy atom. The normalized spacial score (nSPS) is 10.3. The number of hydrogen-bond acceptors (Lipinski definition) is 1. The predicted octanol–water partition coefficient (Wildman–Crippen LogP) is 0.989. The smallest absolute Gasteiger partial charge is 0 e. The van der Waals surface area contributed by atoms with Crippen LogP contribution in [0.25, 0.3) is 0 Å². The van der Waals surface area contributed by atoms with Gasteiger partial charge in [0, 0.05) is 21.1 Å². The van der Waals surface area contributed by atoms with Crippen molar-refractivity contribution in [3.63, 3.8) is 0 Å². The van der Waals surface area contributed by atoms with Crippen molar-refractivity contribution >= 4 is 0 Å². The van der Waals surface area contributed by atoms with Gasteiger partial charge in [-0.1, -0.05) is 20.8 Å². The van der Waals surface area contributed by atoms with Gasteiger partial charge in [0.15, 0.2) is 0 Å². The van der Waals surface area contributed by atoms with Crippen LogP contribution in [0.2, 0.25) is 0 Å². The Hall–Kier alpha value is 0.648. The van der Waals surface area contributed by atoms with Gasteiger partial charge in [-0.3, -0.25) is 0 Å². The van der Waals surface area contributed by atoms with E-state index in [1.807, 2.05) is 0 Å². The summed E-state index contributed by atoms with van der Waals surface area (Å²) in [5, 5.41) is 0. The van der Waals surface area contributed by atoms with Crippen LogP contribution >= 0.6 is 0 Å². The third-order valence-corrected chi connectivity index (χ3v) is 0.612. The summed E-state index contributed by atoms with van der Waals surface area (Å²) in [6.07, 6.45) is 0. The molecule has 0 aromatic heterocycles. The Morgan fingerprint density at radius 3 is 1.43 bits per heavy atom. The average molecular weight is 271 g/mol. The fourth-order valence-electron chi connectivity index (χ4n) is 0. The Bertz CT molecular complexity index is 37.8. The van der Waals surface area contributed by atoms with Gasteiger partial charge < -0.3 is 5.73 Å². The van der Waals surface area contributed by atoms with E-state index in [0.29, 0.717) is 5.41 Å². The molecule has 0 atom stereocenters. The summed E-state index contributed by atoms with van der Waals surface area (Å²) in [6.45, 7) is 7.12. The van der Waals surface area contributed by atoms with Crippen molar-refractivity contribution in [1.29, 1.82) is 0 Å². The molecule has 0 aliphatic heterocycles. The van der Waals surface area contributed by atoms with E-state index in [1.54, 1.807) is 0 Å². The van der Waals surface area contributed by atoms with Crippen LogP contribution < -0.4 is 5.73 Å². The van der Waals surface area contributed by atoms with Crippen LogP contribution in [0.5, 0.6) is 0 Å². The Balaban J connectivity index is 0. The molecule has 0 radical (unpaired) electrons. The van der Waals surface area contributed by atoms with Gasteiger partial charge in [0.2, 0.25) is 0 Å². The first-order valence-corrected chi connectivity index (χ1v) is 2.26. The summed E-state index contributed by atoms with van der Waals surface area (Å²) in [6, 6.07) is 0. The molecular weight excluding hydrogens is 258 g/mol. The Morgan fingerprint density at radius 2 is 1.43 bits per heavy atom. The molecule has 7 heavy (non-hydrogen) atoms. The zero-order valence-corrected chi connectivity index (χ0v) is 8.13. The molecule has 0 unspecified atom stereocenters. The fraction of sp³-hybridized carbons (Fsp3) is 1.00. The van der Waals surface area contributed by atoms with E-state index in [2.05, 4.69) is 20.8 Å². The summed E-state index contributed by atoms with van der Waals surface area (Å²) in [5.41, 5.74) is 5.62. The van der Waals surface area contributed by atoms with Crippen molar-refractivity contribution in [3.05, 3.63) is 0 Å².